The van der Waals surface area contributed by atoms with Crippen molar-refractivity contribution in [3.8, 4) is 5.75 Å². The molecule has 0 saturated carbocycles. The summed E-state index contributed by atoms with van der Waals surface area (Å²) in [6, 6.07) is 7.24. The summed E-state index contributed by atoms with van der Waals surface area (Å²) in [6.07, 6.45) is 4.57. The van der Waals surface area contributed by atoms with Gasteiger partial charge in [-0.15, -0.1) is 0 Å². The molecule has 0 N–H and O–H groups in total. The molecule has 0 radical (unpaired) electrons. The van der Waals surface area contributed by atoms with Gasteiger partial charge < -0.3 is 4.74 Å². The van der Waals surface area contributed by atoms with Crippen molar-refractivity contribution >= 4 is 5.78 Å². The second-order valence-electron chi connectivity index (χ2n) is 3.86. The molecule has 2 nitrogen and oxygen atoms in total. The fourth-order valence-corrected chi connectivity index (χ4v) is 1.58. The van der Waals surface area contributed by atoms with Crippen molar-refractivity contribution in [2.24, 2.45) is 5.92 Å². The molecule has 0 bridgehead atoms. The van der Waals surface area contributed by atoms with Gasteiger partial charge in [-0.25, -0.2) is 0 Å². The lowest BCUT2D eigenvalue weighted by molar-refractivity contribution is 0.0972. The lowest BCUT2D eigenvalue weighted by Gasteiger charge is -2.06. The molecular formula is C14H18O2. The van der Waals surface area contributed by atoms with Gasteiger partial charge in [0.05, 0.1) is 7.11 Å². The molecule has 0 spiro atoms. The Kier molecular flexibility index (Phi) is 4.77. The number of hydrogen-bond donors (Lipinski definition) is 0. The zero-order valence-corrected chi connectivity index (χ0v) is 10.1. The number of methoxy groups -OCH3 is 1. The van der Waals surface area contributed by atoms with Crippen LogP contribution in [0.4, 0.5) is 0 Å². The first kappa shape index (κ1) is 12.5. The van der Waals surface area contributed by atoms with Gasteiger partial charge in [0.15, 0.2) is 5.78 Å². The van der Waals surface area contributed by atoms with Crippen LogP contribution in [0.25, 0.3) is 0 Å². The average molecular weight is 218 g/mol. The summed E-state index contributed by atoms with van der Waals surface area (Å²) in [5, 5.41) is 0. The summed E-state index contributed by atoms with van der Waals surface area (Å²) < 4.78 is 5.05. The van der Waals surface area contributed by atoms with Crippen LogP contribution in [-0.4, -0.2) is 12.9 Å². The van der Waals surface area contributed by atoms with Crippen LogP contribution in [-0.2, 0) is 0 Å². The number of rotatable bonds is 5. The van der Waals surface area contributed by atoms with Crippen LogP contribution in [0.2, 0.25) is 0 Å². The highest BCUT2D eigenvalue weighted by Crippen LogP contribution is 2.15. The molecule has 1 rings (SSSR count). The third-order valence-corrected chi connectivity index (χ3v) is 2.44. The van der Waals surface area contributed by atoms with E-state index < -0.39 is 0 Å². The molecule has 0 saturated heterocycles. The van der Waals surface area contributed by atoms with Gasteiger partial charge in [0.25, 0.3) is 0 Å². The molecule has 0 aliphatic carbocycles. The molecule has 1 aromatic carbocycles. The Bertz CT molecular complexity index is 363. The van der Waals surface area contributed by atoms with Crippen LogP contribution in [0, 0.1) is 5.92 Å². The second-order valence-corrected chi connectivity index (χ2v) is 3.86. The second kappa shape index (κ2) is 6.11. The number of allylic oxidation sites excluding steroid dienone is 2. The number of carbonyl (C=O) groups excluding carboxylic acids is 1. The van der Waals surface area contributed by atoms with Gasteiger partial charge in [-0.1, -0.05) is 19.1 Å². The predicted molar refractivity (Wildman–Crippen MR) is 65.9 cm³/mol. The molecule has 0 heterocycles. The van der Waals surface area contributed by atoms with Gasteiger partial charge in [-0.2, -0.15) is 0 Å². The van der Waals surface area contributed by atoms with E-state index in [1.165, 1.54) is 0 Å². The Labute approximate surface area is 96.9 Å². The largest absolute Gasteiger partial charge is 0.497 e. The SMILES string of the molecule is C/C=C\C(C)CC(=O)c1ccc(OC)cc1. The van der Waals surface area contributed by atoms with Crippen molar-refractivity contribution in [2.45, 2.75) is 20.3 Å². The van der Waals surface area contributed by atoms with Crippen LogP contribution in [0.5, 0.6) is 5.75 Å². The Morgan fingerprint density at radius 2 is 2.00 bits per heavy atom. The number of carbonyl (C=O) groups is 1. The molecule has 1 unspecified atom stereocenters. The molecule has 0 aliphatic heterocycles. The minimum absolute atomic E-state index is 0.174. The fraction of sp³-hybridized carbons (Fsp3) is 0.357. The summed E-state index contributed by atoms with van der Waals surface area (Å²) in [7, 11) is 1.62. The number of ether oxygens (including phenoxy) is 1. The molecule has 86 valence electrons. The van der Waals surface area contributed by atoms with Gasteiger partial charge in [-0.3, -0.25) is 4.79 Å². The van der Waals surface area contributed by atoms with Crippen LogP contribution in [0.1, 0.15) is 30.6 Å². The molecule has 0 aliphatic rings. The molecular weight excluding hydrogens is 200 g/mol. The minimum Gasteiger partial charge on any atom is -0.497 e. The smallest absolute Gasteiger partial charge is 0.163 e. The van der Waals surface area contributed by atoms with Crippen molar-refractivity contribution < 1.29 is 9.53 Å². The lowest BCUT2D eigenvalue weighted by Crippen LogP contribution is -2.04. The van der Waals surface area contributed by atoms with E-state index in [-0.39, 0.29) is 5.78 Å². The fourth-order valence-electron chi connectivity index (χ4n) is 1.58. The Morgan fingerprint density at radius 3 is 2.50 bits per heavy atom. The van der Waals surface area contributed by atoms with Crippen molar-refractivity contribution in [2.75, 3.05) is 7.11 Å². The standard InChI is InChI=1S/C14H18O2/c1-4-5-11(2)10-14(15)12-6-8-13(16-3)9-7-12/h4-9,11H,10H2,1-3H3/b5-4-. The van der Waals surface area contributed by atoms with Crippen molar-refractivity contribution in [3.63, 3.8) is 0 Å². The normalized spacial score (nSPS) is 12.7. The maximum absolute atomic E-state index is 11.9. The Morgan fingerprint density at radius 1 is 1.38 bits per heavy atom. The van der Waals surface area contributed by atoms with E-state index in [9.17, 15) is 4.79 Å². The first-order chi connectivity index (χ1) is 7.67. The van der Waals surface area contributed by atoms with Crippen LogP contribution < -0.4 is 4.74 Å². The molecule has 0 fully saturated rings. The highest BCUT2D eigenvalue weighted by molar-refractivity contribution is 5.96. The van der Waals surface area contributed by atoms with Gasteiger partial charge in [0.1, 0.15) is 5.75 Å². The van der Waals surface area contributed by atoms with Crippen molar-refractivity contribution in [1.29, 1.82) is 0 Å². The minimum atomic E-state index is 0.174. The maximum atomic E-state index is 11.9. The average Bonchev–Trinajstić information content (AvgIpc) is 2.29. The van der Waals surface area contributed by atoms with Gasteiger partial charge >= 0.3 is 0 Å². The molecule has 1 aromatic rings. The zero-order chi connectivity index (χ0) is 12.0. The van der Waals surface area contributed by atoms with Gasteiger partial charge in [-0.05, 0) is 37.1 Å². The summed E-state index contributed by atoms with van der Waals surface area (Å²) >= 11 is 0. The summed E-state index contributed by atoms with van der Waals surface area (Å²) in [4.78, 5) is 11.9. The van der Waals surface area contributed by atoms with E-state index in [4.69, 9.17) is 4.74 Å². The number of ketones is 1. The Hall–Kier alpha value is -1.57. The molecule has 2 heteroatoms. The van der Waals surface area contributed by atoms with E-state index in [2.05, 4.69) is 0 Å². The molecule has 16 heavy (non-hydrogen) atoms. The number of Topliss-reactive ketones (excluding diaryl/α,β-unsaturated/α-hetero) is 1. The monoisotopic (exact) mass is 218 g/mol. The lowest BCUT2D eigenvalue weighted by atomic mass is 9.99. The van der Waals surface area contributed by atoms with Crippen LogP contribution in [0.3, 0.4) is 0 Å². The summed E-state index contributed by atoms with van der Waals surface area (Å²) in [5.74, 6) is 1.24. The third kappa shape index (κ3) is 3.54. The van der Waals surface area contributed by atoms with Crippen LogP contribution in [0.15, 0.2) is 36.4 Å². The Balaban J connectivity index is 2.65. The molecule has 0 amide bonds. The quantitative estimate of drug-likeness (QED) is 0.558. The van der Waals surface area contributed by atoms with Gasteiger partial charge in [0, 0.05) is 12.0 Å². The zero-order valence-electron chi connectivity index (χ0n) is 10.1. The molecule has 0 aromatic heterocycles. The molecule has 1 atom stereocenters. The highest BCUT2D eigenvalue weighted by atomic mass is 16.5. The highest BCUT2D eigenvalue weighted by Gasteiger charge is 2.08. The first-order valence-corrected chi connectivity index (χ1v) is 5.47. The number of benzene rings is 1. The summed E-state index contributed by atoms with van der Waals surface area (Å²) in [5.41, 5.74) is 0.747. The summed E-state index contributed by atoms with van der Waals surface area (Å²) in [6.45, 7) is 4.01. The maximum Gasteiger partial charge on any atom is 0.163 e. The van der Waals surface area contributed by atoms with E-state index in [0.29, 0.717) is 12.3 Å². The topological polar surface area (TPSA) is 26.3 Å². The van der Waals surface area contributed by atoms with Crippen molar-refractivity contribution in [1.82, 2.24) is 0 Å². The van der Waals surface area contributed by atoms with Crippen LogP contribution >= 0.6 is 0 Å². The van der Waals surface area contributed by atoms with E-state index in [1.807, 2.05) is 50.3 Å². The van der Waals surface area contributed by atoms with E-state index in [0.717, 1.165) is 11.3 Å². The van der Waals surface area contributed by atoms with E-state index in [1.54, 1.807) is 7.11 Å². The van der Waals surface area contributed by atoms with Crippen molar-refractivity contribution in [3.05, 3.63) is 42.0 Å². The first-order valence-electron chi connectivity index (χ1n) is 5.47. The van der Waals surface area contributed by atoms with E-state index >= 15 is 0 Å². The third-order valence-electron chi connectivity index (χ3n) is 2.44. The van der Waals surface area contributed by atoms with Gasteiger partial charge in [0.2, 0.25) is 0 Å². The predicted octanol–water partition coefficient (Wildman–Crippen LogP) is 3.48. The number of hydrogen-bond acceptors (Lipinski definition) is 2.